The van der Waals surface area contributed by atoms with Crippen molar-refractivity contribution in [3.05, 3.63) is 77.6 Å². The van der Waals surface area contributed by atoms with E-state index in [1.54, 1.807) is 24.7 Å². The minimum Gasteiger partial charge on any atom is -0.444 e. The van der Waals surface area contributed by atoms with Crippen LogP contribution in [0.4, 0.5) is 0 Å². The molecular formula is C26H25N5O6S2. The predicted molar refractivity (Wildman–Crippen MR) is 143 cm³/mol. The number of hydroxylamine groups is 1. The molecule has 39 heavy (non-hydrogen) atoms. The van der Waals surface area contributed by atoms with E-state index in [2.05, 4.69) is 15.0 Å². The number of amides is 2. The lowest BCUT2D eigenvalue weighted by atomic mass is 9.97. The highest BCUT2D eigenvalue weighted by molar-refractivity contribution is 7.92. The van der Waals surface area contributed by atoms with Crippen LogP contribution in [0.1, 0.15) is 33.8 Å². The molecule has 0 spiro atoms. The van der Waals surface area contributed by atoms with Crippen LogP contribution < -0.4 is 5.48 Å². The van der Waals surface area contributed by atoms with E-state index >= 15 is 0 Å². The second-order valence-electron chi connectivity index (χ2n) is 9.20. The summed E-state index contributed by atoms with van der Waals surface area (Å²) in [6.07, 6.45) is 5.22. The van der Waals surface area contributed by atoms with E-state index < -0.39 is 26.9 Å². The van der Waals surface area contributed by atoms with E-state index in [0.29, 0.717) is 21.9 Å². The Kier molecular flexibility index (Phi) is 7.30. The van der Waals surface area contributed by atoms with Gasteiger partial charge in [0.25, 0.3) is 5.91 Å². The number of carbonyl (C=O) groups is 2. The third-order valence-electron chi connectivity index (χ3n) is 6.95. The van der Waals surface area contributed by atoms with Gasteiger partial charge in [-0.05, 0) is 31.0 Å². The lowest BCUT2D eigenvalue weighted by Gasteiger charge is -2.30. The zero-order valence-corrected chi connectivity index (χ0v) is 22.5. The molecule has 1 aliphatic rings. The SMILES string of the molecule is Cc1ncncc1C(=O)N1CCC(CC(=O)NO)(c2ccc(-c3ccc(-c4cnco4)cc3)s2)S(=O)(=O)CC1. The number of nitrogens with one attached hydrogen (secondary N) is 1. The van der Waals surface area contributed by atoms with Gasteiger partial charge in [-0.25, -0.2) is 28.8 Å². The Bertz CT molecular complexity index is 1600. The van der Waals surface area contributed by atoms with Gasteiger partial charge in [-0.2, -0.15) is 0 Å². The largest absolute Gasteiger partial charge is 0.444 e. The highest BCUT2D eigenvalue weighted by Crippen LogP contribution is 2.45. The Morgan fingerprint density at radius 1 is 1.10 bits per heavy atom. The van der Waals surface area contributed by atoms with Crippen molar-refractivity contribution in [2.45, 2.75) is 24.5 Å². The monoisotopic (exact) mass is 567 g/mol. The Labute approximate surface area is 228 Å². The molecule has 3 aromatic heterocycles. The van der Waals surface area contributed by atoms with Gasteiger partial charge in [0, 0.05) is 34.6 Å². The van der Waals surface area contributed by atoms with E-state index in [0.717, 1.165) is 16.0 Å². The van der Waals surface area contributed by atoms with Crippen molar-refractivity contribution >= 4 is 33.0 Å². The third kappa shape index (κ3) is 5.07. The van der Waals surface area contributed by atoms with Crippen LogP contribution in [-0.4, -0.2) is 64.1 Å². The zero-order valence-electron chi connectivity index (χ0n) is 20.9. The van der Waals surface area contributed by atoms with Gasteiger partial charge in [-0.15, -0.1) is 11.3 Å². The molecule has 2 N–H and O–H groups in total. The van der Waals surface area contributed by atoms with E-state index in [4.69, 9.17) is 4.42 Å². The quantitative estimate of drug-likeness (QED) is 0.264. The van der Waals surface area contributed by atoms with Crippen LogP contribution in [0.25, 0.3) is 21.8 Å². The first-order valence-electron chi connectivity index (χ1n) is 12.0. The molecule has 11 nitrogen and oxygen atoms in total. The van der Waals surface area contributed by atoms with Gasteiger partial charge >= 0.3 is 0 Å². The summed E-state index contributed by atoms with van der Waals surface area (Å²) >= 11 is 1.27. The summed E-state index contributed by atoms with van der Waals surface area (Å²) < 4.78 is 31.4. The Hall–Kier alpha value is -3.94. The average Bonchev–Trinajstić information content (AvgIpc) is 3.63. The Morgan fingerprint density at radius 3 is 2.56 bits per heavy atom. The van der Waals surface area contributed by atoms with E-state index in [9.17, 15) is 23.2 Å². The maximum absolute atomic E-state index is 13.8. The fraction of sp³-hybridized carbons (Fsp3) is 0.269. The van der Waals surface area contributed by atoms with Gasteiger partial charge < -0.3 is 9.32 Å². The number of oxazole rings is 1. The normalized spacial score (nSPS) is 18.9. The number of hydrogen-bond acceptors (Lipinski definition) is 10. The molecule has 1 atom stereocenters. The van der Waals surface area contributed by atoms with Crippen molar-refractivity contribution < 1.29 is 27.6 Å². The summed E-state index contributed by atoms with van der Waals surface area (Å²) in [4.78, 5) is 40.3. The van der Waals surface area contributed by atoms with Crippen LogP contribution in [-0.2, 0) is 19.4 Å². The standard InChI is InChI=1S/C26H25N5O6S2/c1-17-20(13-27-15-29-17)25(33)31-9-8-26(12-24(32)30-34,39(35,36)11-10-31)23-7-6-22(38-23)19-4-2-18(3-5-19)21-14-28-16-37-21/h2-7,13-16,34H,8-12H2,1H3,(H,30,32). The number of rotatable bonds is 6. The second-order valence-corrected chi connectivity index (χ2v) is 12.7. The van der Waals surface area contributed by atoms with Gasteiger partial charge in [0.1, 0.15) is 11.1 Å². The van der Waals surface area contributed by atoms with Crippen LogP contribution in [0.15, 0.2) is 65.9 Å². The van der Waals surface area contributed by atoms with Crippen LogP contribution in [0.5, 0.6) is 0 Å². The van der Waals surface area contributed by atoms with Gasteiger partial charge in [0.05, 0.1) is 29.6 Å². The van der Waals surface area contributed by atoms with Gasteiger partial charge in [-0.3, -0.25) is 14.8 Å². The molecule has 4 heterocycles. The number of benzene rings is 1. The van der Waals surface area contributed by atoms with E-state index in [1.165, 1.54) is 35.2 Å². The molecule has 0 bridgehead atoms. The number of hydrogen-bond donors (Lipinski definition) is 2. The van der Waals surface area contributed by atoms with Crippen LogP contribution in [0.2, 0.25) is 0 Å². The molecule has 0 aliphatic carbocycles. The average molecular weight is 568 g/mol. The topological polar surface area (TPSA) is 156 Å². The number of sulfone groups is 1. The summed E-state index contributed by atoms with van der Waals surface area (Å²) in [6.45, 7) is 1.73. The number of thiophene rings is 1. The lowest BCUT2D eigenvalue weighted by molar-refractivity contribution is -0.129. The summed E-state index contributed by atoms with van der Waals surface area (Å²) in [5.41, 5.74) is 4.07. The molecule has 13 heteroatoms. The Balaban J connectivity index is 1.48. The number of aryl methyl sites for hydroxylation is 1. The molecular weight excluding hydrogens is 542 g/mol. The summed E-state index contributed by atoms with van der Waals surface area (Å²) in [5, 5.41) is 9.29. The zero-order chi connectivity index (χ0) is 27.6. The van der Waals surface area contributed by atoms with Crippen molar-refractivity contribution in [1.29, 1.82) is 0 Å². The summed E-state index contributed by atoms with van der Waals surface area (Å²) in [5.74, 6) is -0.909. The third-order valence-corrected chi connectivity index (χ3v) is 10.9. The Morgan fingerprint density at radius 2 is 1.87 bits per heavy atom. The minimum atomic E-state index is -3.95. The van der Waals surface area contributed by atoms with Crippen LogP contribution in [0.3, 0.4) is 0 Å². The molecule has 1 aromatic carbocycles. The van der Waals surface area contributed by atoms with Crippen molar-refractivity contribution in [1.82, 2.24) is 25.3 Å². The van der Waals surface area contributed by atoms with Crippen LogP contribution >= 0.6 is 11.3 Å². The fourth-order valence-corrected chi connectivity index (χ4v) is 8.35. The number of carbonyl (C=O) groups excluding carboxylic acids is 2. The molecule has 1 saturated heterocycles. The van der Waals surface area contributed by atoms with Crippen molar-refractivity contribution in [2.24, 2.45) is 0 Å². The van der Waals surface area contributed by atoms with E-state index in [1.807, 2.05) is 30.3 Å². The first kappa shape index (κ1) is 26.7. The van der Waals surface area contributed by atoms with Crippen LogP contribution in [0, 0.1) is 6.92 Å². The molecule has 5 rings (SSSR count). The minimum absolute atomic E-state index is 0.0222. The highest BCUT2D eigenvalue weighted by Gasteiger charge is 2.50. The first-order valence-corrected chi connectivity index (χ1v) is 14.5. The highest BCUT2D eigenvalue weighted by atomic mass is 32.2. The predicted octanol–water partition coefficient (Wildman–Crippen LogP) is 3.22. The molecule has 2 amide bonds. The molecule has 1 unspecified atom stereocenters. The molecule has 1 aliphatic heterocycles. The molecule has 1 fully saturated rings. The van der Waals surface area contributed by atoms with Crippen molar-refractivity contribution in [3.8, 4) is 21.8 Å². The first-order chi connectivity index (χ1) is 18.7. The molecule has 0 radical (unpaired) electrons. The summed E-state index contributed by atoms with van der Waals surface area (Å²) in [6, 6.07) is 11.1. The van der Waals surface area contributed by atoms with E-state index in [-0.39, 0.29) is 31.2 Å². The number of nitrogens with zero attached hydrogens (tertiary/aromatic N) is 4. The maximum atomic E-state index is 13.8. The molecule has 202 valence electrons. The van der Waals surface area contributed by atoms with Gasteiger partial charge in [0.2, 0.25) is 5.91 Å². The fourth-order valence-electron chi connectivity index (χ4n) is 4.74. The smallest absolute Gasteiger partial charge is 0.257 e. The second kappa shape index (κ2) is 10.7. The molecule has 0 saturated carbocycles. The van der Waals surface area contributed by atoms with Crippen molar-refractivity contribution in [2.75, 3.05) is 18.8 Å². The molecule has 4 aromatic rings. The van der Waals surface area contributed by atoms with Gasteiger partial charge in [0.15, 0.2) is 22.0 Å². The number of aromatic nitrogens is 3. The maximum Gasteiger partial charge on any atom is 0.257 e. The van der Waals surface area contributed by atoms with Crippen molar-refractivity contribution in [3.63, 3.8) is 0 Å². The van der Waals surface area contributed by atoms with Gasteiger partial charge in [-0.1, -0.05) is 24.3 Å². The summed E-state index contributed by atoms with van der Waals surface area (Å²) in [7, 11) is -3.95. The lowest BCUT2D eigenvalue weighted by Crippen LogP contribution is -2.41.